The van der Waals surface area contributed by atoms with E-state index < -0.39 is 24.3 Å². The van der Waals surface area contributed by atoms with Gasteiger partial charge < -0.3 is 24.7 Å². The highest BCUT2D eigenvalue weighted by atomic mass is 19.4. The smallest absolute Gasteiger partial charge is 0.475 e. The van der Waals surface area contributed by atoms with Gasteiger partial charge in [0.15, 0.2) is 0 Å². The maximum Gasteiger partial charge on any atom is 0.490 e. The van der Waals surface area contributed by atoms with Crippen LogP contribution in [-0.2, 0) is 14.3 Å². The summed E-state index contributed by atoms with van der Waals surface area (Å²) in [6.45, 7) is 10.3. The molecule has 0 saturated carbocycles. The van der Waals surface area contributed by atoms with Gasteiger partial charge >= 0.3 is 24.3 Å². The SMILES string of the molecule is Cc1cnc(N2CCC3(CC2)COCCN(CCN(C)C)C3)nc1.O=C(O)C(F)(F)F.O=C(O)C(F)(F)F. The van der Waals surface area contributed by atoms with E-state index in [1.54, 1.807) is 0 Å². The molecule has 2 fully saturated rings. The molecule has 2 aliphatic heterocycles. The van der Waals surface area contributed by atoms with E-state index in [0.717, 1.165) is 76.8 Å². The van der Waals surface area contributed by atoms with Crippen molar-refractivity contribution < 1.29 is 50.9 Å². The number of carbonyl (C=O) groups is 2. The first-order valence-electron chi connectivity index (χ1n) is 11.5. The van der Waals surface area contributed by atoms with Crippen molar-refractivity contribution in [2.75, 3.05) is 71.5 Å². The fourth-order valence-corrected chi connectivity index (χ4v) is 3.65. The average Bonchev–Trinajstić information content (AvgIpc) is 3.00. The van der Waals surface area contributed by atoms with E-state index in [2.05, 4.69) is 38.8 Å². The van der Waals surface area contributed by atoms with Crippen LogP contribution in [0.25, 0.3) is 0 Å². The monoisotopic (exact) mass is 561 g/mol. The minimum absolute atomic E-state index is 0.296. The van der Waals surface area contributed by atoms with Gasteiger partial charge in [-0.05, 0) is 39.4 Å². The summed E-state index contributed by atoms with van der Waals surface area (Å²) in [7, 11) is 4.29. The summed E-state index contributed by atoms with van der Waals surface area (Å²) in [6.07, 6.45) is -4.04. The third-order valence-electron chi connectivity index (χ3n) is 5.74. The molecule has 0 amide bonds. The number of likely N-dealkylation sites (N-methyl/N-ethyl adjacent to an activating group) is 1. The van der Waals surface area contributed by atoms with Crippen LogP contribution in [0.5, 0.6) is 0 Å². The summed E-state index contributed by atoms with van der Waals surface area (Å²) in [5.74, 6) is -4.64. The molecule has 10 nitrogen and oxygen atoms in total. The highest BCUT2D eigenvalue weighted by molar-refractivity contribution is 5.73. The molecule has 3 rings (SSSR count). The molecule has 2 aliphatic rings. The lowest BCUT2D eigenvalue weighted by Crippen LogP contribution is -2.48. The van der Waals surface area contributed by atoms with Gasteiger partial charge in [0.25, 0.3) is 0 Å². The van der Waals surface area contributed by atoms with Crippen molar-refractivity contribution in [1.82, 2.24) is 19.8 Å². The number of aromatic nitrogens is 2. The Kier molecular flexibility index (Phi) is 12.7. The maximum absolute atomic E-state index is 10.6. The van der Waals surface area contributed by atoms with E-state index in [1.165, 1.54) is 0 Å². The quantitative estimate of drug-likeness (QED) is 0.531. The number of carboxylic acid groups (broad SMARTS) is 2. The Morgan fingerprint density at radius 3 is 1.89 bits per heavy atom. The number of alkyl halides is 6. The molecular formula is C22H33F6N5O5. The molecule has 1 aromatic rings. The normalized spacial score (nSPS) is 18.1. The Labute approximate surface area is 216 Å². The van der Waals surface area contributed by atoms with Gasteiger partial charge in [0.2, 0.25) is 5.95 Å². The van der Waals surface area contributed by atoms with Gasteiger partial charge in [-0.25, -0.2) is 19.6 Å². The highest BCUT2D eigenvalue weighted by Crippen LogP contribution is 2.35. The molecule has 0 aromatic carbocycles. The number of nitrogens with zero attached hydrogens (tertiary/aromatic N) is 5. The minimum atomic E-state index is -5.08. The van der Waals surface area contributed by atoms with Crippen LogP contribution in [-0.4, -0.2) is 121 Å². The van der Waals surface area contributed by atoms with Crippen LogP contribution >= 0.6 is 0 Å². The molecule has 16 heteroatoms. The number of anilines is 1. The molecule has 0 radical (unpaired) electrons. The molecule has 218 valence electrons. The summed E-state index contributed by atoms with van der Waals surface area (Å²) in [5.41, 5.74) is 1.41. The second-order valence-corrected chi connectivity index (χ2v) is 9.29. The van der Waals surface area contributed by atoms with Crippen molar-refractivity contribution in [1.29, 1.82) is 0 Å². The molecular weight excluding hydrogens is 528 g/mol. The summed E-state index contributed by atoms with van der Waals surface area (Å²) in [4.78, 5) is 33.9. The number of hydrogen-bond acceptors (Lipinski definition) is 8. The molecule has 0 unspecified atom stereocenters. The lowest BCUT2D eigenvalue weighted by molar-refractivity contribution is -0.193. The number of aliphatic carboxylic acids is 2. The van der Waals surface area contributed by atoms with Crippen LogP contribution in [0.1, 0.15) is 18.4 Å². The van der Waals surface area contributed by atoms with Crippen LogP contribution in [0.3, 0.4) is 0 Å². The molecule has 1 spiro atoms. The minimum Gasteiger partial charge on any atom is -0.475 e. The third kappa shape index (κ3) is 12.2. The molecule has 2 saturated heterocycles. The van der Waals surface area contributed by atoms with Crippen molar-refractivity contribution in [2.45, 2.75) is 32.1 Å². The Hall–Kier alpha value is -2.72. The van der Waals surface area contributed by atoms with Crippen LogP contribution < -0.4 is 4.90 Å². The maximum atomic E-state index is 10.6. The summed E-state index contributed by atoms with van der Waals surface area (Å²) < 4.78 is 69.4. The topological polar surface area (TPSA) is 119 Å². The first kappa shape index (κ1) is 33.3. The zero-order valence-corrected chi connectivity index (χ0v) is 21.3. The predicted molar refractivity (Wildman–Crippen MR) is 124 cm³/mol. The molecule has 0 atom stereocenters. The van der Waals surface area contributed by atoms with Gasteiger partial charge in [-0.1, -0.05) is 0 Å². The van der Waals surface area contributed by atoms with E-state index in [0.29, 0.717) is 5.41 Å². The zero-order chi connectivity index (χ0) is 29.1. The molecule has 2 N–H and O–H groups in total. The van der Waals surface area contributed by atoms with Gasteiger partial charge in [-0.2, -0.15) is 26.3 Å². The number of rotatable bonds is 4. The summed E-state index contributed by atoms with van der Waals surface area (Å²) >= 11 is 0. The lowest BCUT2D eigenvalue weighted by Gasteiger charge is -2.42. The van der Waals surface area contributed by atoms with Crippen molar-refractivity contribution in [3.63, 3.8) is 0 Å². The van der Waals surface area contributed by atoms with E-state index >= 15 is 0 Å². The molecule has 1 aromatic heterocycles. The van der Waals surface area contributed by atoms with Crippen molar-refractivity contribution in [3.05, 3.63) is 18.0 Å². The molecule has 38 heavy (non-hydrogen) atoms. The van der Waals surface area contributed by atoms with Crippen molar-refractivity contribution in [3.8, 4) is 0 Å². The van der Waals surface area contributed by atoms with Crippen molar-refractivity contribution >= 4 is 17.9 Å². The second-order valence-electron chi connectivity index (χ2n) is 9.29. The predicted octanol–water partition coefficient (Wildman–Crippen LogP) is 2.53. The van der Waals surface area contributed by atoms with Gasteiger partial charge in [0, 0.05) is 57.1 Å². The molecule has 0 bridgehead atoms. The first-order valence-corrected chi connectivity index (χ1v) is 11.5. The zero-order valence-electron chi connectivity index (χ0n) is 21.3. The van der Waals surface area contributed by atoms with Crippen LogP contribution in [0.15, 0.2) is 12.4 Å². The number of hydrogen-bond donors (Lipinski definition) is 2. The second kappa shape index (κ2) is 14.4. The standard InChI is InChI=1S/C18H31N5O.2C2HF3O2/c1-16-12-19-17(20-13-16)23-6-4-18(5-7-23)14-22(9-8-21(2)3)10-11-24-15-18;2*3-2(4,5)1(6)7/h12-13H,4-11,14-15H2,1-3H3;2*(H,6,7). The number of piperidine rings is 1. The first-order chi connectivity index (χ1) is 17.4. The lowest BCUT2D eigenvalue weighted by atomic mass is 9.78. The number of carboxylic acids is 2. The van der Waals surface area contributed by atoms with Crippen molar-refractivity contribution in [2.24, 2.45) is 5.41 Å². The van der Waals surface area contributed by atoms with E-state index in [1.807, 2.05) is 19.3 Å². The van der Waals surface area contributed by atoms with Gasteiger partial charge in [0.05, 0.1) is 13.2 Å². The number of aryl methyl sites for hydroxylation is 1. The van der Waals surface area contributed by atoms with E-state index in [-0.39, 0.29) is 0 Å². The van der Waals surface area contributed by atoms with Gasteiger partial charge in [-0.15, -0.1) is 0 Å². The Bertz CT molecular complexity index is 851. The fraction of sp³-hybridized carbons (Fsp3) is 0.727. The van der Waals surface area contributed by atoms with E-state index in [9.17, 15) is 26.3 Å². The Morgan fingerprint density at radius 1 is 1.00 bits per heavy atom. The van der Waals surface area contributed by atoms with Crippen LogP contribution in [0.2, 0.25) is 0 Å². The highest BCUT2D eigenvalue weighted by Gasteiger charge is 2.39. The van der Waals surface area contributed by atoms with Crippen LogP contribution in [0, 0.1) is 12.3 Å². The summed E-state index contributed by atoms with van der Waals surface area (Å²) in [6, 6.07) is 0. The number of ether oxygens (including phenoxy) is 1. The van der Waals surface area contributed by atoms with Gasteiger partial charge in [0.1, 0.15) is 0 Å². The Balaban J connectivity index is 0.000000426. The largest absolute Gasteiger partial charge is 0.490 e. The molecule has 3 heterocycles. The molecule has 0 aliphatic carbocycles. The fourth-order valence-electron chi connectivity index (χ4n) is 3.65. The Morgan fingerprint density at radius 2 is 1.47 bits per heavy atom. The van der Waals surface area contributed by atoms with Gasteiger partial charge in [-0.3, -0.25) is 4.90 Å². The van der Waals surface area contributed by atoms with Crippen LogP contribution in [0.4, 0.5) is 32.3 Å². The van der Waals surface area contributed by atoms with E-state index in [4.69, 9.17) is 24.5 Å². The average molecular weight is 562 g/mol. The summed E-state index contributed by atoms with van der Waals surface area (Å²) in [5, 5.41) is 14.2. The number of halogens is 6. The third-order valence-corrected chi connectivity index (χ3v) is 5.74.